The number of carbonyl (C=O) groups excluding carboxylic acids is 1. The molecule has 0 aliphatic rings. The Morgan fingerprint density at radius 3 is 2.83 bits per heavy atom. The number of hydrogen-bond acceptors (Lipinski definition) is 4. The second kappa shape index (κ2) is 6.68. The lowest BCUT2D eigenvalue weighted by Gasteiger charge is -2.15. The van der Waals surface area contributed by atoms with Crippen molar-refractivity contribution in [1.29, 1.82) is 0 Å². The van der Waals surface area contributed by atoms with Crippen LogP contribution in [0, 0.1) is 6.92 Å². The lowest BCUT2D eigenvalue weighted by atomic mass is 10.2. The van der Waals surface area contributed by atoms with E-state index in [1.807, 2.05) is 31.2 Å². The fourth-order valence-corrected chi connectivity index (χ4v) is 3.07. The van der Waals surface area contributed by atoms with Crippen LogP contribution in [-0.2, 0) is 6.54 Å². The Bertz CT molecular complexity index is 905. The molecule has 0 saturated carbocycles. The van der Waals surface area contributed by atoms with Crippen LogP contribution < -0.4 is 5.32 Å². The minimum Gasteiger partial charge on any atom is -0.341 e. The molecule has 3 rings (SSSR count). The topological polar surface area (TPSA) is 72.7 Å². The normalized spacial score (nSPS) is 12.3. The third-order valence-corrected chi connectivity index (χ3v) is 4.40. The van der Waals surface area contributed by atoms with Gasteiger partial charge >= 0.3 is 0 Å². The number of halogens is 1. The van der Waals surface area contributed by atoms with Crippen molar-refractivity contribution >= 4 is 32.9 Å². The van der Waals surface area contributed by atoms with Crippen LogP contribution in [0.5, 0.6) is 0 Å². The molecule has 124 valence electrons. The number of carbonyl (C=O) groups is 1. The fraction of sp³-hybridized carbons (Fsp3) is 0.294. The lowest BCUT2D eigenvalue weighted by molar-refractivity contribution is 0.0931. The largest absolute Gasteiger partial charge is 0.341 e. The van der Waals surface area contributed by atoms with E-state index in [4.69, 9.17) is 0 Å². The van der Waals surface area contributed by atoms with E-state index in [0.717, 1.165) is 23.4 Å². The van der Waals surface area contributed by atoms with Crippen molar-refractivity contribution in [2.75, 3.05) is 0 Å². The number of fused-ring (bicyclic) bond motifs is 1. The lowest BCUT2D eigenvalue weighted by Crippen LogP contribution is -2.30. The van der Waals surface area contributed by atoms with Crippen molar-refractivity contribution in [3.05, 3.63) is 52.3 Å². The van der Waals surface area contributed by atoms with Crippen molar-refractivity contribution in [3.63, 3.8) is 0 Å². The highest BCUT2D eigenvalue weighted by Crippen LogP contribution is 2.21. The first kappa shape index (κ1) is 16.6. The molecule has 6 nitrogen and oxygen atoms in total. The number of imidazole rings is 1. The molecule has 24 heavy (non-hydrogen) atoms. The zero-order valence-corrected chi connectivity index (χ0v) is 15.3. The van der Waals surface area contributed by atoms with Crippen molar-refractivity contribution in [1.82, 2.24) is 24.8 Å². The number of amides is 1. The summed E-state index contributed by atoms with van der Waals surface area (Å²) in [6.45, 7) is 6.53. The summed E-state index contributed by atoms with van der Waals surface area (Å²) in [5.74, 6) is 1.13. The molecular weight excluding hydrogens is 370 g/mol. The van der Waals surface area contributed by atoms with E-state index >= 15 is 0 Å². The van der Waals surface area contributed by atoms with E-state index in [9.17, 15) is 4.79 Å². The van der Waals surface area contributed by atoms with E-state index in [0.29, 0.717) is 16.0 Å². The Morgan fingerprint density at radius 1 is 1.33 bits per heavy atom. The molecule has 2 aromatic heterocycles. The standard InChI is InChI=1S/C17H18BrN5O/c1-4-23-14-8-6-5-7-13(14)22-16(23)10(2)20-17(24)15-12(18)9-19-11(3)21-15/h5-10H,4H2,1-3H3,(H,20,24)/t10-/m0/s1. The average Bonchev–Trinajstić information content (AvgIpc) is 2.95. The number of rotatable bonds is 4. The molecule has 0 saturated heterocycles. The molecule has 3 aromatic rings. The van der Waals surface area contributed by atoms with Crippen LogP contribution in [0.2, 0.25) is 0 Å². The second-order valence-corrected chi connectivity index (χ2v) is 6.37. The predicted molar refractivity (Wildman–Crippen MR) is 95.8 cm³/mol. The minimum atomic E-state index is -0.255. The Morgan fingerprint density at radius 2 is 2.08 bits per heavy atom. The van der Waals surface area contributed by atoms with Crippen molar-refractivity contribution in [3.8, 4) is 0 Å². The molecule has 0 aliphatic carbocycles. The van der Waals surface area contributed by atoms with Crippen molar-refractivity contribution in [2.24, 2.45) is 0 Å². The van der Waals surface area contributed by atoms with Gasteiger partial charge in [-0.25, -0.2) is 15.0 Å². The third kappa shape index (κ3) is 3.03. The Kier molecular flexibility index (Phi) is 4.62. The SMILES string of the molecule is CCn1c([C@H](C)NC(=O)c2nc(C)ncc2Br)nc2ccccc21. The number of nitrogens with zero attached hydrogens (tertiary/aromatic N) is 4. The minimum absolute atomic E-state index is 0.243. The first-order valence-corrected chi connectivity index (χ1v) is 8.55. The summed E-state index contributed by atoms with van der Waals surface area (Å²) >= 11 is 3.33. The number of benzene rings is 1. The monoisotopic (exact) mass is 387 g/mol. The first-order valence-electron chi connectivity index (χ1n) is 7.76. The van der Waals surface area contributed by atoms with Gasteiger partial charge in [0.2, 0.25) is 0 Å². The van der Waals surface area contributed by atoms with Crippen molar-refractivity contribution in [2.45, 2.75) is 33.4 Å². The van der Waals surface area contributed by atoms with Gasteiger partial charge in [0.25, 0.3) is 5.91 Å². The average molecular weight is 388 g/mol. The molecule has 0 unspecified atom stereocenters. The van der Waals surface area contributed by atoms with Gasteiger partial charge in [0.05, 0.1) is 21.5 Å². The van der Waals surface area contributed by atoms with E-state index in [-0.39, 0.29) is 11.9 Å². The number of nitrogens with one attached hydrogen (secondary N) is 1. The summed E-state index contributed by atoms with van der Waals surface area (Å²) < 4.78 is 2.68. The molecule has 1 atom stereocenters. The van der Waals surface area contributed by atoms with Gasteiger partial charge < -0.3 is 9.88 Å². The van der Waals surface area contributed by atoms with Gasteiger partial charge in [-0.15, -0.1) is 0 Å². The van der Waals surface area contributed by atoms with Crippen LogP contribution in [0.1, 0.15) is 42.0 Å². The maximum atomic E-state index is 12.5. The van der Waals surface area contributed by atoms with E-state index in [1.54, 1.807) is 13.1 Å². The Balaban J connectivity index is 1.91. The van der Waals surface area contributed by atoms with Gasteiger partial charge in [-0.2, -0.15) is 0 Å². The van der Waals surface area contributed by atoms with Crippen LogP contribution >= 0.6 is 15.9 Å². The summed E-state index contributed by atoms with van der Waals surface area (Å²) in [5.41, 5.74) is 2.32. The molecule has 0 bridgehead atoms. The number of aromatic nitrogens is 4. The summed E-state index contributed by atoms with van der Waals surface area (Å²) in [4.78, 5) is 25.5. The summed E-state index contributed by atoms with van der Waals surface area (Å²) in [5, 5.41) is 2.97. The molecule has 1 N–H and O–H groups in total. The van der Waals surface area contributed by atoms with Gasteiger partial charge in [0.15, 0.2) is 0 Å². The Hall–Kier alpha value is -2.28. The Labute approximate surface area is 148 Å². The van der Waals surface area contributed by atoms with Crippen molar-refractivity contribution < 1.29 is 4.79 Å². The molecule has 0 radical (unpaired) electrons. The van der Waals surface area contributed by atoms with Gasteiger partial charge in [-0.05, 0) is 48.8 Å². The zero-order chi connectivity index (χ0) is 17.3. The smallest absolute Gasteiger partial charge is 0.271 e. The van der Waals surface area contributed by atoms with Gasteiger partial charge in [0, 0.05) is 12.7 Å². The van der Waals surface area contributed by atoms with Crippen LogP contribution in [0.3, 0.4) is 0 Å². The number of aryl methyl sites for hydroxylation is 2. The van der Waals surface area contributed by atoms with Crippen LogP contribution in [0.4, 0.5) is 0 Å². The van der Waals surface area contributed by atoms with Crippen LogP contribution in [-0.4, -0.2) is 25.4 Å². The summed E-state index contributed by atoms with van der Waals surface area (Å²) in [7, 11) is 0. The van der Waals surface area contributed by atoms with Gasteiger partial charge in [0.1, 0.15) is 17.3 Å². The second-order valence-electron chi connectivity index (χ2n) is 5.51. The number of hydrogen-bond donors (Lipinski definition) is 1. The first-order chi connectivity index (χ1) is 11.5. The molecule has 1 amide bonds. The molecule has 2 heterocycles. The highest BCUT2D eigenvalue weighted by atomic mass is 79.9. The molecular formula is C17H18BrN5O. The van der Waals surface area contributed by atoms with E-state index < -0.39 is 0 Å². The maximum Gasteiger partial charge on any atom is 0.271 e. The molecule has 1 aromatic carbocycles. The van der Waals surface area contributed by atoms with Crippen LogP contribution in [0.25, 0.3) is 11.0 Å². The fourth-order valence-electron chi connectivity index (χ4n) is 2.70. The van der Waals surface area contributed by atoms with Gasteiger partial charge in [-0.3, -0.25) is 4.79 Å². The molecule has 0 fully saturated rings. The predicted octanol–water partition coefficient (Wildman–Crippen LogP) is 3.41. The van der Waals surface area contributed by atoms with E-state index in [2.05, 4.69) is 47.7 Å². The highest BCUT2D eigenvalue weighted by molar-refractivity contribution is 9.10. The van der Waals surface area contributed by atoms with Gasteiger partial charge in [-0.1, -0.05) is 12.1 Å². The quantitative estimate of drug-likeness (QED) is 0.744. The van der Waals surface area contributed by atoms with E-state index in [1.165, 1.54) is 0 Å². The molecule has 0 aliphatic heterocycles. The zero-order valence-electron chi connectivity index (χ0n) is 13.7. The maximum absolute atomic E-state index is 12.5. The van der Waals surface area contributed by atoms with Crippen LogP contribution in [0.15, 0.2) is 34.9 Å². The molecule has 7 heteroatoms. The number of para-hydroxylation sites is 2. The third-order valence-electron chi connectivity index (χ3n) is 3.81. The highest BCUT2D eigenvalue weighted by Gasteiger charge is 2.20. The summed E-state index contributed by atoms with van der Waals surface area (Å²) in [6.07, 6.45) is 1.59. The summed E-state index contributed by atoms with van der Waals surface area (Å²) in [6, 6.07) is 7.72. The molecule has 0 spiro atoms.